The van der Waals surface area contributed by atoms with Crippen molar-refractivity contribution in [3.05, 3.63) is 57.6 Å². The van der Waals surface area contributed by atoms with Gasteiger partial charge in [-0.2, -0.15) is 0 Å². The summed E-state index contributed by atoms with van der Waals surface area (Å²) >= 11 is 3.43. The molecule has 0 spiro atoms. The van der Waals surface area contributed by atoms with E-state index in [9.17, 15) is 0 Å². The molecular weight excluding hydrogens is 316 g/mol. The highest BCUT2D eigenvalue weighted by Gasteiger charge is 2.06. The quantitative estimate of drug-likeness (QED) is 0.836. The zero-order valence-corrected chi connectivity index (χ0v) is 13.6. The Morgan fingerprint density at radius 3 is 2.30 bits per heavy atom. The normalized spacial score (nSPS) is 10.9. The summed E-state index contributed by atoms with van der Waals surface area (Å²) in [6.07, 6.45) is 0. The molecule has 0 aromatic heterocycles. The molecule has 0 heterocycles. The molecule has 1 N–H and O–H groups in total. The van der Waals surface area contributed by atoms with Crippen LogP contribution < -0.4 is 4.74 Å². The molecule has 20 heavy (non-hydrogen) atoms. The van der Waals surface area contributed by atoms with Crippen molar-refractivity contribution >= 4 is 15.9 Å². The number of aryl methyl sites for hydroxylation is 1. The molecule has 2 aromatic carbocycles. The maximum atomic E-state index is 9.15. The summed E-state index contributed by atoms with van der Waals surface area (Å²) in [5.41, 5.74) is 3.43. The van der Waals surface area contributed by atoms with Crippen LogP contribution in [0.15, 0.2) is 40.9 Å². The summed E-state index contributed by atoms with van der Waals surface area (Å²) < 4.78 is 6.72. The Morgan fingerprint density at radius 1 is 1.10 bits per heavy atom. The van der Waals surface area contributed by atoms with Crippen molar-refractivity contribution in [1.29, 1.82) is 0 Å². The van der Waals surface area contributed by atoms with E-state index in [2.05, 4.69) is 48.8 Å². The number of rotatable bonds is 4. The molecule has 2 nitrogen and oxygen atoms in total. The predicted molar refractivity (Wildman–Crippen MR) is 85.4 cm³/mol. The number of aliphatic hydroxyl groups excluding tert-OH is 1. The van der Waals surface area contributed by atoms with Gasteiger partial charge in [-0.1, -0.05) is 41.9 Å². The highest BCUT2D eigenvalue weighted by atomic mass is 79.9. The smallest absolute Gasteiger partial charge is 0.128 e. The fraction of sp³-hybridized carbons (Fsp3) is 0.294. The van der Waals surface area contributed by atoms with E-state index < -0.39 is 0 Å². The predicted octanol–water partition coefficient (Wildman–Crippen LogP) is 5.17. The maximum absolute atomic E-state index is 9.15. The second-order valence-electron chi connectivity index (χ2n) is 5.19. The summed E-state index contributed by atoms with van der Waals surface area (Å²) in [5, 5.41) is 9.15. The van der Waals surface area contributed by atoms with Gasteiger partial charge >= 0.3 is 0 Å². The zero-order valence-electron chi connectivity index (χ0n) is 12.0. The van der Waals surface area contributed by atoms with E-state index in [-0.39, 0.29) is 6.61 Å². The number of aliphatic hydroxyl groups is 1. The Balaban J connectivity index is 2.22. The van der Waals surface area contributed by atoms with Crippen LogP contribution in [0.25, 0.3) is 0 Å². The SMILES string of the molecule is Cc1cc(Oc2ccc(CO)c(Br)c2)ccc1C(C)C. The van der Waals surface area contributed by atoms with Crippen LogP contribution >= 0.6 is 15.9 Å². The van der Waals surface area contributed by atoms with Crippen LogP contribution in [0.1, 0.15) is 36.5 Å². The fourth-order valence-corrected chi connectivity index (χ4v) is 2.70. The van der Waals surface area contributed by atoms with Crippen LogP contribution in [0.4, 0.5) is 0 Å². The Hall–Kier alpha value is -1.32. The topological polar surface area (TPSA) is 29.5 Å². The molecule has 3 heteroatoms. The average Bonchev–Trinajstić information content (AvgIpc) is 2.38. The minimum atomic E-state index is 0.0169. The van der Waals surface area contributed by atoms with Crippen LogP contribution in [0.5, 0.6) is 11.5 Å². The highest BCUT2D eigenvalue weighted by molar-refractivity contribution is 9.10. The zero-order chi connectivity index (χ0) is 14.7. The first-order chi connectivity index (χ1) is 9.51. The number of hydrogen-bond acceptors (Lipinski definition) is 2. The van der Waals surface area contributed by atoms with Crippen LogP contribution in [-0.2, 0) is 6.61 Å². The standard InChI is InChI=1S/C17H19BrO2/c1-11(2)16-7-6-14(8-12(16)3)20-15-5-4-13(10-19)17(18)9-15/h4-9,11,19H,10H2,1-3H3. The van der Waals surface area contributed by atoms with Crippen molar-refractivity contribution in [3.63, 3.8) is 0 Å². The number of hydrogen-bond donors (Lipinski definition) is 1. The van der Waals surface area contributed by atoms with E-state index in [1.54, 1.807) is 0 Å². The molecule has 0 aliphatic carbocycles. The molecule has 2 aromatic rings. The van der Waals surface area contributed by atoms with Gasteiger partial charge in [-0.15, -0.1) is 0 Å². The Kier molecular flexibility index (Phi) is 4.84. The molecule has 0 saturated heterocycles. The van der Waals surface area contributed by atoms with Crippen molar-refractivity contribution in [2.45, 2.75) is 33.3 Å². The van der Waals surface area contributed by atoms with Gasteiger partial charge in [0.25, 0.3) is 0 Å². The van der Waals surface area contributed by atoms with E-state index in [1.807, 2.05) is 24.3 Å². The first-order valence-electron chi connectivity index (χ1n) is 6.69. The summed E-state index contributed by atoms with van der Waals surface area (Å²) in [7, 11) is 0. The van der Waals surface area contributed by atoms with E-state index in [0.29, 0.717) is 5.92 Å². The van der Waals surface area contributed by atoms with Gasteiger partial charge in [0.1, 0.15) is 11.5 Å². The van der Waals surface area contributed by atoms with Gasteiger partial charge in [-0.25, -0.2) is 0 Å². The first-order valence-corrected chi connectivity index (χ1v) is 7.48. The first kappa shape index (κ1) is 15.1. The second-order valence-corrected chi connectivity index (χ2v) is 6.04. The van der Waals surface area contributed by atoms with E-state index >= 15 is 0 Å². The van der Waals surface area contributed by atoms with Crippen molar-refractivity contribution in [3.8, 4) is 11.5 Å². The van der Waals surface area contributed by atoms with E-state index in [0.717, 1.165) is 21.5 Å². The molecule has 106 valence electrons. The maximum Gasteiger partial charge on any atom is 0.128 e. The average molecular weight is 335 g/mol. The lowest BCUT2D eigenvalue weighted by Crippen LogP contribution is -1.93. The third-order valence-corrected chi connectivity index (χ3v) is 4.03. The molecule has 0 fully saturated rings. The Labute approximate surface area is 128 Å². The lowest BCUT2D eigenvalue weighted by atomic mass is 9.98. The minimum absolute atomic E-state index is 0.0169. The van der Waals surface area contributed by atoms with Crippen LogP contribution in [0, 0.1) is 6.92 Å². The van der Waals surface area contributed by atoms with Gasteiger partial charge in [-0.3, -0.25) is 0 Å². The second kappa shape index (κ2) is 6.42. The third-order valence-electron chi connectivity index (χ3n) is 3.29. The van der Waals surface area contributed by atoms with Gasteiger partial charge in [0, 0.05) is 4.47 Å². The van der Waals surface area contributed by atoms with Crippen molar-refractivity contribution in [2.24, 2.45) is 0 Å². The van der Waals surface area contributed by atoms with Gasteiger partial charge in [0.15, 0.2) is 0 Å². The number of halogens is 1. The molecule has 0 bridgehead atoms. The van der Waals surface area contributed by atoms with Gasteiger partial charge < -0.3 is 9.84 Å². The minimum Gasteiger partial charge on any atom is -0.457 e. The summed E-state index contributed by atoms with van der Waals surface area (Å²) in [6, 6.07) is 11.8. The summed E-state index contributed by atoms with van der Waals surface area (Å²) in [5.74, 6) is 2.10. The molecule has 0 radical (unpaired) electrons. The van der Waals surface area contributed by atoms with Crippen LogP contribution in [-0.4, -0.2) is 5.11 Å². The third kappa shape index (κ3) is 3.41. The van der Waals surface area contributed by atoms with Crippen LogP contribution in [0.3, 0.4) is 0 Å². The molecule has 0 aliphatic rings. The molecule has 0 saturated carbocycles. The lowest BCUT2D eigenvalue weighted by molar-refractivity contribution is 0.281. The van der Waals surface area contributed by atoms with E-state index in [4.69, 9.17) is 9.84 Å². The van der Waals surface area contributed by atoms with Crippen molar-refractivity contribution in [2.75, 3.05) is 0 Å². The van der Waals surface area contributed by atoms with Gasteiger partial charge in [0.2, 0.25) is 0 Å². The molecule has 0 aliphatic heterocycles. The lowest BCUT2D eigenvalue weighted by Gasteiger charge is -2.13. The summed E-state index contributed by atoms with van der Waals surface area (Å²) in [6.45, 7) is 6.50. The van der Waals surface area contributed by atoms with E-state index in [1.165, 1.54) is 11.1 Å². The highest BCUT2D eigenvalue weighted by Crippen LogP contribution is 2.29. The molecule has 0 unspecified atom stereocenters. The number of benzene rings is 2. The largest absolute Gasteiger partial charge is 0.457 e. The molecule has 2 rings (SSSR count). The van der Waals surface area contributed by atoms with Gasteiger partial charge in [0.05, 0.1) is 6.61 Å². The summed E-state index contributed by atoms with van der Waals surface area (Å²) in [4.78, 5) is 0. The fourth-order valence-electron chi connectivity index (χ4n) is 2.22. The molecule has 0 amide bonds. The Bertz CT molecular complexity index is 606. The van der Waals surface area contributed by atoms with Crippen molar-refractivity contribution < 1.29 is 9.84 Å². The van der Waals surface area contributed by atoms with Gasteiger partial charge in [-0.05, 0) is 53.8 Å². The number of ether oxygens (including phenoxy) is 1. The Morgan fingerprint density at radius 2 is 1.75 bits per heavy atom. The molecular formula is C17H19BrO2. The van der Waals surface area contributed by atoms with Crippen molar-refractivity contribution in [1.82, 2.24) is 0 Å². The monoisotopic (exact) mass is 334 g/mol. The van der Waals surface area contributed by atoms with Crippen LogP contribution in [0.2, 0.25) is 0 Å². The molecule has 0 atom stereocenters.